The zero-order valence-corrected chi connectivity index (χ0v) is 35.2. The van der Waals surface area contributed by atoms with Gasteiger partial charge in [0, 0.05) is 33.3 Å². The molecule has 0 aliphatic carbocycles. The van der Waals surface area contributed by atoms with Gasteiger partial charge >= 0.3 is 0 Å². The summed E-state index contributed by atoms with van der Waals surface area (Å²) in [5.41, 5.74) is 3.18. The number of carbonyl (C=O) groups is 2. The standard InChI is InChI=1S/C45H50I2N4O2/c1-44(34-16-5-3-6-17-34)40(50(42(44)52)38-22-11-9-20-36(38)46)48-28-24-32(25-29-48)14-13-15-33-26-30-49(31-27-33)41-45(2,35-18-7-4-8-19-35)43(53)51(41)39-23-12-10-21-37(39)47/h3-12,16-23,32-33,40-41H,13-15,24-31H2,1-2H3. The Kier molecular flexibility index (Phi) is 10.8. The van der Waals surface area contributed by atoms with E-state index in [0.717, 1.165) is 67.7 Å². The Hall–Kier alpha value is -2.80. The van der Waals surface area contributed by atoms with E-state index in [4.69, 9.17) is 0 Å². The van der Waals surface area contributed by atoms with Gasteiger partial charge in [0.25, 0.3) is 0 Å². The number of nitrogens with zero attached hydrogens (tertiary/aromatic N) is 4. The molecule has 4 atom stereocenters. The van der Waals surface area contributed by atoms with Gasteiger partial charge in [-0.05, 0) is 132 Å². The third-order valence-electron chi connectivity index (χ3n) is 13.0. The van der Waals surface area contributed by atoms with Gasteiger partial charge < -0.3 is 0 Å². The molecule has 8 rings (SSSR count). The lowest BCUT2D eigenvalue weighted by molar-refractivity contribution is -0.139. The monoisotopic (exact) mass is 932 g/mol. The van der Waals surface area contributed by atoms with Crippen molar-refractivity contribution < 1.29 is 9.59 Å². The smallest absolute Gasteiger partial charge is 0.242 e. The molecule has 0 N–H and O–H groups in total. The van der Waals surface area contributed by atoms with E-state index < -0.39 is 10.8 Å². The summed E-state index contributed by atoms with van der Waals surface area (Å²) in [5, 5.41) is 0. The molecule has 4 heterocycles. The van der Waals surface area contributed by atoms with Crippen molar-refractivity contribution in [1.29, 1.82) is 0 Å². The molecular formula is C45H50I2N4O2. The maximum absolute atomic E-state index is 14.0. The summed E-state index contributed by atoms with van der Waals surface area (Å²) in [4.78, 5) is 37.3. The summed E-state index contributed by atoms with van der Waals surface area (Å²) >= 11 is 4.75. The highest BCUT2D eigenvalue weighted by Crippen LogP contribution is 2.50. The number of β-lactam (4-membered cyclic amide) rings is 2. The third-order valence-corrected chi connectivity index (χ3v) is 14.9. The van der Waals surface area contributed by atoms with E-state index in [1.165, 1.54) is 44.9 Å². The SMILES string of the molecule is CC1(c2ccccc2)C(=O)N(c2ccccc2I)C1N1CCC(CCCC2CCN(C3N(c4ccccc4I)C(=O)C3(C)c3ccccc3)CC2)CC1. The third kappa shape index (κ3) is 6.57. The van der Waals surface area contributed by atoms with Crippen molar-refractivity contribution >= 4 is 68.4 Å². The van der Waals surface area contributed by atoms with Crippen LogP contribution < -0.4 is 9.80 Å². The molecule has 0 saturated carbocycles. The minimum atomic E-state index is -0.552. The van der Waals surface area contributed by atoms with Crippen LogP contribution in [0.3, 0.4) is 0 Å². The molecular weight excluding hydrogens is 882 g/mol. The number of carbonyl (C=O) groups excluding carboxylic acids is 2. The molecule has 4 aromatic carbocycles. The quantitative estimate of drug-likeness (QED) is 0.118. The average molecular weight is 933 g/mol. The number of hydrogen-bond donors (Lipinski definition) is 0. The number of hydrogen-bond acceptors (Lipinski definition) is 4. The van der Waals surface area contributed by atoms with Crippen LogP contribution in [0.5, 0.6) is 0 Å². The van der Waals surface area contributed by atoms with Crippen molar-refractivity contribution in [2.75, 3.05) is 36.0 Å². The van der Waals surface area contributed by atoms with Crippen LogP contribution in [0.1, 0.15) is 69.9 Å². The number of benzene rings is 4. The van der Waals surface area contributed by atoms with Crippen molar-refractivity contribution in [1.82, 2.24) is 9.80 Å². The number of rotatable bonds is 10. The Morgan fingerprint density at radius 3 is 1.23 bits per heavy atom. The van der Waals surface area contributed by atoms with Gasteiger partial charge in [0.15, 0.2) is 0 Å². The zero-order chi connectivity index (χ0) is 36.7. The molecule has 0 bridgehead atoms. The number of halogens is 2. The lowest BCUT2D eigenvalue weighted by Gasteiger charge is -2.59. The first-order valence-corrected chi connectivity index (χ1v) is 21.6. The summed E-state index contributed by atoms with van der Waals surface area (Å²) < 4.78 is 2.24. The second-order valence-electron chi connectivity index (χ2n) is 16.0. The summed E-state index contributed by atoms with van der Waals surface area (Å²) in [6.07, 6.45) is 8.67. The fourth-order valence-electron chi connectivity index (χ4n) is 9.94. The van der Waals surface area contributed by atoms with Crippen molar-refractivity contribution in [2.45, 2.75) is 82.0 Å². The van der Waals surface area contributed by atoms with E-state index in [-0.39, 0.29) is 24.1 Å². The largest absolute Gasteiger partial charge is 0.293 e. The first kappa shape index (κ1) is 37.1. The first-order valence-electron chi connectivity index (χ1n) is 19.5. The Morgan fingerprint density at radius 2 is 0.868 bits per heavy atom. The molecule has 53 heavy (non-hydrogen) atoms. The van der Waals surface area contributed by atoms with Gasteiger partial charge in [-0.1, -0.05) is 104 Å². The van der Waals surface area contributed by atoms with Gasteiger partial charge in [-0.3, -0.25) is 29.2 Å². The lowest BCUT2D eigenvalue weighted by atomic mass is 9.69. The molecule has 0 radical (unpaired) electrons. The molecule has 4 aliphatic heterocycles. The average Bonchev–Trinajstić information content (AvgIpc) is 3.20. The van der Waals surface area contributed by atoms with Gasteiger partial charge in [0.1, 0.15) is 23.2 Å². The van der Waals surface area contributed by atoms with Crippen molar-refractivity contribution in [2.24, 2.45) is 11.8 Å². The Bertz CT molecular complexity index is 1790. The maximum atomic E-state index is 14.0. The fourth-order valence-corrected chi connectivity index (χ4v) is 11.2. The molecule has 4 aliphatic rings. The molecule has 6 nitrogen and oxygen atoms in total. The number of anilines is 2. The van der Waals surface area contributed by atoms with E-state index in [1.54, 1.807) is 0 Å². The predicted octanol–water partition coefficient (Wildman–Crippen LogP) is 9.45. The predicted molar refractivity (Wildman–Crippen MR) is 231 cm³/mol. The van der Waals surface area contributed by atoms with Crippen molar-refractivity contribution in [3.05, 3.63) is 127 Å². The number of para-hydroxylation sites is 2. The van der Waals surface area contributed by atoms with Gasteiger partial charge in [-0.15, -0.1) is 0 Å². The van der Waals surface area contributed by atoms with Gasteiger partial charge in [-0.25, -0.2) is 0 Å². The van der Waals surface area contributed by atoms with Crippen molar-refractivity contribution in [3.8, 4) is 0 Å². The summed E-state index contributed by atoms with van der Waals surface area (Å²) in [5.74, 6) is 1.87. The van der Waals surface area contributed by atoms with Crippen LogP contribution in [-0.4, -0.2) is 60.1 Å². The molecule has 276 valence electrons. The second kappa shape index (κ2) is 15.4. The highest BCUT2D eigenvalue weighted by atomic mass is 127. The molecule has 4 aromatic rings. The van der Waals surface area contributed by atoms with Crippen molar-refractivity contribution in [3.63, 3.8) is 0 Å². The van der Waals surface area contributed by atoms with Crippen LogP contribution in [0, 0.1) is 19.0 Å². The molecule has 4 unspecified atom stereocenters. The van der Waals surface area contributed by atoms with E-state index in [9.17, 15) is 9.59 Å². The van der Waals surface area contributed by atoms with Gasteiger partial charge in [-0.2, -0.15) is 0 Å². The highest BCUT2D eigenvalue weighted by Gasteiger charge is 2.63. The molecule has 0 spiro atoms. The molecule has 0 aromatic heterocycles. The van der Waals surface area contributed by atoms with Gasteiger partial charge in [0.05, 0.1) is 11.4 Å². The summed E-state index contributed by atoms with van der Waals surface area (Å²) in [7, 11) is 0. The summed E-state index contributed by atoms with van der Waals surface area (Å²) in [6.45, 7) is 8.43. The van der Waals surface area contributed by atoms with Gasteiger partial charge in [0.2, 0.25) is 11.8 Å². The minimum Gasteiger partial charge on any atom is -0.293 e. The minimum absolute atomic E-state index is 0.0236. The van der Waals surface area contributed by atoms with Crippen LogP contribution in [0.4, 0.5) is 11.4 Å². The maximum Gasteiger partial charge on any atom is 0.242 e. The van der Waals surface area contributed by atoms with E-state index in [1.807, 2.05) is 36.4 Å². The van der Waals surface area contributed by atoms with E-state index >= 15 is 0 Å². The molecule has 4 fully saturated rings. The van der Waals surface area contributed by atoms with Crippen LogP contribution in [-0.2, 0) is 20.4 Å². The van der Waals surface area contributed by atoms with Crippen LogP contribution in [0.2, 0.25) is 0 Å². The Morgan fingerprint density at radius 1 is 0.528 bits per heavy atom. The topological polar surface area (TPSA) is 47.1 Å². The van der Waals surface area contributed by atoms with E-state index in [0.29, 0.717) is 0 Å². The van der Waals surface area contributed by atoms with Crippen LogP contribution >= 0.6 is 45.2 Å². The Labute approximate surface area is 342 Å². The Balaban J connectivity index is 0.869. The molecule has 4 saturated heterocycles. The summed E-state index contributed by atoms with van der Waals surface area (Å²) in [6, 6.07) is 37.4. The number of amides is 2. The fraction of sp³-hybridized carbons (Fsp3) is 0.422. The number of piperidine rings is 2. The second-order valence-corrected chi connectivity index (χ2v) is 18.4. The zero-order valence-electron chi connectivity index (χ0n) is 30.8. The lowest BCUT2D eigenvalue weighted by Crippen LogP contribution is -2.77. The highest BCUT2D eigenvalue weighted by molar-refractivity contribution is 14.1. The molecule has 2 amide bonds. The molecule has 8 heteroatoms. The normalized spacial score (nSPS) is 27.5. The van der Waals surface area contributed by atoms with Crippen LogP contribution in [0.25, 0.3) is 0 Å². The first-order chi connectivity index (χ1) is 25.7. The van der Waals surface area contributed by atoms with E-state index in [2.05, 4.69) is 151 Å². The number of likely N-dealkylation sites (tertiary alicyclic amines) is 2. The van der Waals surface area contributed by atoms with Crippen LogP contribution in [0.15, 0.2) is 109 Å².